The second-order valence-corrected chi connectivity index (χ2v) is 6.40. The van der Waals surface area contributed by atoms with E-state index in [4.69, 9.17) is 6.57 Å². The van der Waals surface area contributed by atoms with Crippen LogP contribution >= 0.6 is 15.9 Å². The lowest BCUT2D eigenvalue weighted by molar-refractivity contribution is -0.137. The molecule has 2 nitrogen and oxygen atoms in total. The molecular formula is C14H11BrF3NO. The lowest BCUT2D eigenvalue weighted by atomic mass is 9.80. The first-order chi connectivity index (χ1) is 9.26. The monoisotopic (exact) mass is 345 g/mol. The van der Waals surface area contributed by atoms with Crippen LogP contribution in [-0.2, 0) is 17.4 Å². The summed E-state index contributed by atoms with van der Waals surface area (Å²) in [5.74, 6) is -0.104. The molecule has 1 aliphatic rings. The van der Waals surface area contributed by atoms with E-state index in [1.807, 2.05) is 0 Å². The van der Waals surface area contributed by atoms with Crippen molar-refractivity contribution in [3.8, 4) is 0 Å². The van der Waals surface area contributed by atoms with E-state index in [-0.39, 0.29) is 12.2 Å². The molecule has 0 unspecified atom stereocenters. The van der Waals surface area contributed by atoms with E-state index in [1.54, 1.807) is 0 Å². The van der Waals surface area contributed by atoms with Crippen molar-refractivity contribution in [3.63, 3.8) is 0 Å². The highest BCUT2D eigenvalue weighted by molar-refractivity contribution is 9.10. The van der Waals surface area contributed by atoms with Gasteiger partial charge in [0.2, 0.25) is 0 Å². The SMILES string of the molecule is [C-]#[N+]c1ccc(CC(=O)C2(Br)CCC2)cc1C(F)(F)F. The van der Waals surface area contributed by atoms with E-state index in [0.717, 1.165) is 31.4 Å². The van der Waals surface area contributed by atoms with E-state index >= 15 is 0 Å². The smallest absolute Gasteiger partial charge is 0.298 e. The molecule has 0 radical (unpaired) electrons. The standard InChI is InChI=1S/C14H11BrF3NO/c1-19-11-4-3-9(7-10(11)14(16,17)18)8-12(20)13(15)5-2-6-13/h3-4,7H,2,5-6,8H2. The average Bonchev–Trinajstić information content (AvgIpc) is 2.34. The van der Waals surface area contributed by atoms with Crippen LogP contribution in [0.1, 0.15) is 30.4 Å². The fraction of sp³-hybridized carbons (Fsp3) is 0.429. The summed E-state index contributed by atoms with van der Waals surface area (Å²) in [6.07, 6.45) is -2.24. The zero-order chi connectivity index (χ0) is 15.0. The summed E-state index contributed by atoms with van der Waals surface area (Å²) in [7, 11) is 0. The summed E-state index contributed by atoms with van der Waals surface area (Å²) in [5.41, 5.74) is -1.12. The first-order valence-electron chi connectivity index (χ1n) is 6.06. The zero-order valence-electron chi connectivity index (χ0n) is 10.4. The summed E-state index contributed by atoms with van der Waals surface area (Å²) in [6.45, 7) is 6.77. The van der Waals surface area contributed by atoms with Gasteiger partial charge < -0.3 is 0 Å². The highest BCUT2D eigenvalue weighted by Gasteiger charge is 2.41. The fourth-order valence-corrected chi connectivity index (χ4v) is 2.83. The Morgan fingerprint density at radius 1 is 1.40 bits per heavy atom. The number of hydrogen-bond donors (Lipinski definition) is 0. The van der Waals surface area contributed by atoms with Crippen LogP contribution in [0.3, 0.4) is 0 Å². The highest BCUT2D eigenvalue weighted by Crippen LogP contribution is 2.42. The summed E-state index contributed by atoms with van der Waals surface area (Å²) < 4.78 is 37.9. The first kappa shape index (κ1) is 15.0. The third-order valence-corrected chi connectivity index (χ3v) is 4.73. The van der Waals surface area contributed by atoms with Gasteiger partial charge >= 0.3 is 6.18 Å². The van der Waals surface area contributed by atoms with Crippen LogP contribution in [0.5, 0.6) is 0 Å². The number of carbonyl (C=O) groups is 1. The van der Waals surface area contributed by atoms with Crippen molar-refractivity contribution >= 4 is 27.4 Å². The van der Waals surface area contributed by atoms with Crippen molar-refractivity contribution in [1.29, 1.82) is 0 Å². The van der Waals surface area contributed by atoms with Crippen LogP contribution in [0.2, 0.25) is 0 Å². The maximum Gasteiger partial charge on any atom is 0.407 e. The molecule has 20 heavy (non-hydrogen) atoms. The van der Waals surface area contributed by atoms with Crippen molar-refractivity contribution in [2.45, 2.75) is 36.2 Å². The fourth-order valence-electron chi connectivity index (χ4n) is 2.13. The minimum Gasteiger partial charge on any atom is -0.298 e. The molecule has 0 bridgehead atoms. The van der Waals surface area contributed by atoms with Crippen molar-refractivity contribution in [3.05, 3.63) is 40.7 Å². The van der Waals surface area contributed by atoms with E-state index in [9.17, 15) is 18.0 Å². The summed E-state index contributed by atoms with van der Waals surface area (Å²) in [5, 5.41) is 0. The number of rotatable bonds is 3. The number of carbonyl (C=O) groups excluding carboxylic acids is 1. The number of benzene rings is 1. The molecule has 106 valence electrons. The molecule has 1 aliphatic carbocycles. The van der Waals surface area contributed by atoms with Crippen LogP contribution in [0.15, 0.2) is 18.2 Å². The van der Waals surface area contributed by atoms with E-state index in [1.165, 1.54) is 6.07 Å². The van der Waals surface area contributed by atoms with Crippen LogP contribution < -0.4 is 0 Å². The predicted molar refractivity (Wildman–Crippen MR) is 71.9 cm³/mol. The van der Waals surface area contributed by atoms with Gasteiger partial charge in [0.25, 0.3) is 0 Å². The molecule has 0 aromatic heterocycles. The number of ketones is 1. The average molecular weight is 346 g/mol. The minimum absolute atomic E-state index is 0.0490. The van der Waals surface area contributed by atoms with Gasteiger partial charge in [-0.1, -0.05) is 34.1 Å². The lowest BCUT2D eigenvalue weighted by Gasteiger charge is -2.34. The number of halogens is 4. The van der Waals surface area contributed by atoms with E-state index < -0.39 is 21.8 Å². The van der Waals surface area contributed by atoms with E-state index in [2.05, 4.69) is 20.8 Å². The van der Waals surface area contributed by atoms with Gasteiger partial charge in [0, 0.05) is 6.42 Å². The van der Waals surface area contributed by atoms with Gasteiger partial charge in [0.15, 0.2) is 11.5 Å². The molecule has 0 aliphatic heterocycles. The van der Waals surface area contributed by atoms with Crippen molar-refractivity contribution in [2.75, 3.05) is 0 Å². The predicted octanol–water partition coefficient (Wildman–Crippen LogP) is 4.69. The molecule has 0 spiro atoms. The molecule has 1 aromatic rings. The van der Waals surface area contributed by atoms with Gasteiger partial charge in [-0.3, -0.25) is 4.79 Å². The molecule has 0 saturated heterocycles. The maximum absolute atomic E-state index is 12.8. The van der Waals surface area contributed by atoms with E-state index in [0.29, 0.717) is 5.56 Å². The first-order valence-corrected chi connectivity index (χ1v) is 6.85. The van der Waals surface area contributed by atoms with Gasteiger partial charge in [0.1, 0.15) is 0 Å². The van der Waals surface area contributed by atoms with Gasteiger partial charge in [-0.2, -0.15) is 13.2 Å². The van der Waals surface area contributed by atoms with Crippen LogP contribution in [-0.4, -0.2) is 10.1 Å². The Bertz CT molecular complexity index is 585. The van der Waals surface area contributed by atoms with Crippen molar-refractivity contribution in [2.24, 2.45) is 0 Å². The largest absolute Gasteiger partial charge is 0.407 e. The Labute approximate surface area is 122 Å². The molecule has 6 heteroatoms. The summed E-state index contributed by atoms with van der Waals surface area (Å²) >= 11 is 3.36. The Hall–Kier alpha value is -1.35. The third-order valence-electron chi connectivity index (χ3n) is 3.50. The Morgan fingerprint density at radius 3 is 2.50 bits per heavy atom. The normalized spacial score (nSPS) is 17.1. The zero-order valence-corrected chi connectivity index (χ0v) is 12.0. The quantitative estimate of drug-likeness (QED) is 0.575. The molecule has 2 rings (SSSR count). The lowest BCUT2D eigenvalue weighted by Crippen LogP contribution is -2.40. The maximum atomic E-state index is 12.8. The number of Topliss-reactive ketones (excluding diaryl/α,β-unsaturated/α-hetero) is 1. The second-order valence-electron chi connectivity index (χ2n) is 4.88. The molecule has 1 fully saturated rings. The van der Waals surface area contributed by atoms with Crippen molar-refractivity contribution in [1.82, 2.24) is 0 Å². The van der Waals surface area contributed by atoms with Gasteiger partial charge in [-0.25, -0.2) is 4.85 Å². The minimum atomic E-state index is -4.58. The summed E-state index contributed by atoms with van der Waals surface area (Å²) in [4.78, 5) is 14.9. The molecule has 0 amide bonds. The van der Waals surface area contributed by atoms with Crippen LogP contribution in [0.4, 0.5) is 18.9 Å². The van der Waals surface area contributed by atoms with Gasteiger partial charge in [-0.05, 0) is 24.8 Å². The highest BCUT2D eigenvalue weighted by atomic mass is 79.9. The molecule has 0 atom stereocenters. The number of alkyl halides is 4. The topological polar surface area (TPSA) is 21.4 Å². The van der Waals surface area contributed by atoms with Gasteiger partial charge in [0.05, 0.1) is 16.5 Å². The Balaban J connectivity index is 2.26. The molecule has 0 N–H and O–H groups in total. The molecular weight excluding hydrogens is 335 g/mol. The van der Waals surface area contributed by atoms with Crippen LogP contribution in [0.25, 0.3) is 4.85 Å². The Kier molecular flexibility index (Phi) is 3.92. The van der Waals surface area contributed by atoms with Crippen LogP contribution in [0, 0.1) is 6.57 Å². The molecule has 1 saturated carbocycles. The summed E-state index contributed by atoms with van der Waals surface area (Å²) in [6, 6.07) is 3.44. The Morgan fingerprint density at radius 2 is 2.05 bits per heavy atom. The number of nitrogens with zero attached hydrogens (tertiary/aromatic N) is 1. The third kappa shape index (κ3) is 2.88. The second kappa shape index (κ2) is 5.21. The van der Waals surface area contributed by atoms with Gasteiger partial charge in [-0.15, -0.1) is 0 Å². The van der Waals surface area contributed by atoms with Crippen molar-refractivity contribution < 1.29 is 18.0 Å². The number of hydrogen-bond acceptors (Lipinski definition) is 1. The molecule has 1 aromatic carbocycles. The molecule has 0 heterocycles.